The lowest BCUT2D eigenvalue weighted by Gasteiger charge is -2.08. The van der Waals surface area contributed by atoms with Gasteiger partial charge in [-0.05, 0) is 53.9 Å². The van der Waals surface area contributed by atoms with Crippen LogP contribution in [-0.4, -0.2) is 32.0 Å². The maximum Gasteiger partial charge on any atom is 0.203 e. The van der Waals surface area contributed by atoms with Gasteiger partial charge in [0.2, 0.25) is 5.13 Å². The minimum Gasteiger partial charge on any atom is -0.493 e. The minimum atomic E-state index is 0.502. The maximum absolute atomic E-state index is 5.69. The summed E-state index contributed by atoms with van der Waals surface area (Å²) in [4.78, 5) is 4.57. The lowest BCUT2D eigenvalue weighted by molar-refractivity contribution is 0.271. The van der Waals surface area contributed by atoms with Gasteiger partial charge >= 0.3 is 0 Å². The summed E-state index contributed by atoms with van der Waals surface area (Å²) in [6, 6.07) is 13.6. The molecule has 7 heteroatoms. The number of hydrogen-bond donors (Lipinski definition) is 1. The molecule has 3 rings (SSSR count). The highest BCUT2D eigenvalue weighted by atomic mass is 32.1. The maximum atomic E-state index is 5.69. The Balaban J connectivity index is 1.60. The molecule has 0 atom stereocenters. The fraction of sp³-hybridized carbons (Fsp3) is 0.273. The van der Waals surface area contributed by atoms with Crippen LogP contribution in [0.5, 0.6) is 17.2 Å². The number of hydrazone groups is 1. The van der Waals surface area contributed by atoms with Crippen molar-refractivity contribution in [2.75, 3.05) is 26.3 Å². The fourth-order valence-corrected chi connectivity index (χ4v) is 3.20. The van der Waals surface area contributed by atoms with Gasteiger partial charge in [-0.25, -0.2) is 4.98 Å². The largest absolute Gasteiger partial charge is 0.493 e. The molecule has 0 saturated carbocycles. The van der Waals surface area contributed by atoms with Crippen molar-refractivity contribution in [1.82, 2.24) is 4.98 Å². The number of ether oxygens (including phenoxy) is 3. The van der Waals surface area contributed by atoms with E-state index in [0.717, 1.165) is 22.6 Å². The van der Waals surface area contributed by atoms with Crippen LogP contribution in [0.4, 0.5) is 5.13 Å². The molecule has 2 aromatic carbocycles. The molecule has 3 aromatic rings. The van der Waals surface area contributed by atoms with Gasteiger partial charge in [-0.1, -0.05) is 13.8 Å². The highest BCUT2D eigenvalue weighted by Crippen LogP contribution is 2.33. The third-order valence-electron chi connectivity index (χ3n) is 4.02. The van der Waals surface area contributed by atoms with Gasteiger partial charge in [0, 0.05) is 10.9 Å². The number of thiazole rings is 1. The van der Waals surface area contributed by atoms with Crippen LogP contribution in [0.1, 0.15) is 19.4 Å². The molecule has 0 radical (unpaired) electrons. The Morgan fingerprint density at radius 2 is 1.83 bits per heavy atom. The molecule has 29 heavy (non-hydrogen) atoms. The molecule has 0 bridgehead atoms. The number of benzene rings is 2. The zero-order chi connectivity index (χ0) is 20.6. The van der Waals surface area contributed by atoms with E-state index in [1.54, 1.807) is 20.4 Å². The Kier molecular flexibility index (Phi) is 7.08. The summed E-state index contributed by atoms with van der Waals surface area (Å²) in [7, 11) is 3.24. The Hall–Kier alpha value is -3.06. The van der Waals surface area contributed by atoms with Crippen molar-refractivity contribution in [2.45, 2.75) is 13.8 Å². The van der Waals surface area contributed by atoms with Crippen molar-refractivity contribution in [3.8, 4) is 28.5 Å². The van der Waals surface area contributed by atoms with Gasteiger partial charge in [0.25, 0.3) is 0 Å². The third-order valence-corrected chi connectivity index (χ3v) is 4.77. The molecule has 0 fully saturated rings. The van der Waals surface area contributed by atoms with E-state index in [2.05, 4.69) is 29.4 Å². The average Bonchev–Trinajstić information content (AvgIpc) is 3.21. The first-order valence-electron chi connectivity index (χ1n) is 9.29. The van der Waals surface area contributed by atoms with Crippen LogP contribution in [0.15, 0.2) is 52.9 Å². The van der Waals surface area contributed by atoms with Crippen molar-refractivity contribution in [3.63, 3.8) is 0 Å². The number of methoxy groups -OCH3 is 2. The second-order valence-electron chi connectivity index (χ2n) is 6.75. The third kappa shape index (κ3) is 5.71. The first kappa shape index (κ1) is 20.7. The summed E-state index contributed by atoms with van der Waals surface area (Å²) in [5.41, 5.74) is 5.76. The van der Waals surface area contributed by atoms with Crippen LogP contribution in [0.2, 0.25) is 0 Å². The van der Waals surface area contributed by atoms with E-state index in [0.29, 0.717) is 29.2 Å². The van der Waals surface area contributed by atoms with E-state index >= 15 is 0 Å². The molecule has 1 heterocycles. The summed E-state index contributed by atoms with van der Waals surface area (Å²) in [5, 5.41) is 6.95. The Morgan fingerprint density at radius 3 is 2.52 bits per heavy atom. The number of hydrogen-bond acceptors (Lipinski definition) is 7. The van der Waals surface area contributed by atoms with Crippen molar-refractivity contribution in [2.24, 2.45) is 11.0 Å². The monoisotopic (exact) mass is 411 g/mol. The van der Waals surface area contributed by atoms with Gasteiger partial charge in [0.05, 0.1) is 32.7 Å². The second kappa shape index (κ2) is 9.93. The first-order valence-corrected chi connectivity index (χ1v) is 10.2. The minimum absolute atomic E-state index is 0.502. The lowest BCUT2D eigenvalue weighted by Crippen LogP contribution is -2.04. The van der Waals surface area contributed by atoms with Crippen LogP contribution in [0.25, 0.3) is 11.3 Å². The van der Waals surface area contributed by atoms with E-state index in [-0.39, 0.29) is 0 Å². The molecule has 0 aliphatic heterocycles. The van der Waals surface area contributed by atoms with Crippen LogP contribution in [-0.2, 0) is 0 Å². The molecular formula is C22H25N3O3S. The molecule has 152 valence electrons. The molecule has 0 aliphatic rings. The first-order chi connectivity index (χ1) is 14.1. The highest BCUT2D eigenvalue weighted by molar-refractivity contribution is 7.14. The molecule has 6 nitrogen and oxygen atoms in total. The molecular weight excluding hydrogens is 386 g/mol. The quantitative estimate of drug-likeness (QED) is 0.382. The van der Waals surface area contributed by atoms with Crippen LogP contribution >= 0.6 is 11.3 Å². The van der Waals surface area contributed by atoms with E-state index in [4.69, 9.17) is 14.2 Å². The summed E-state index contributed by atoms with van der Waals surface area (Å²) in [5.74, 6) is 2.73. The SMILES string of the molecule is COc1ccc(-c2csc(N/N=C\c3ccc(OCC(C)C)cc3)n2)cc1OC. The summed E-state index contributed by atoms with van der Waals surface area (Å²) >= 11 is 1.49. The van der Waals surface area contributed by atoms with Crippen LogP contribution in [0.3, 0.4) is 0 Å². The van der Waals surface area contributed by atoms with E-state index in [9.17, 15) is 0 Å². The summed E-state index contributed by atoms with van der Waals surface area (Å²) in [6.07, 6.45) is 1.75. The Labute approximate surface area is 175 Å². The molecule has 0 aliphatic carbocycles. The van der Waals surface area contributed by atoms with Crippen LogP contribution < -0.4 is 19.6 Å². The zero-order valence-corrected chi connectivity index (χ0v) is 17.8. The molecule has 0 saturated heterocycles. The molecule has 1 N–H and O–H groups in total. The second-order valence-corrected chi connectivity index (χ2v) is 7.61. The summed E-state index contributed by atoms with van der Waals surface area (Å²) in [6.45, 7) is 4.96. The fourth-order valence-electron chi connectivity index (χ4n) is 2.53. The predicted molar refractivity (Wildman–Crippen MR) is 119 cm³/mol. The number of nitrogens with zero attached hydrogens (tertiary/aromatic N) is 2. The highest BCUT2D eigenvalue weighted by Gasteiger charge is 2.09. The zero-order valence-electron chi connectivity index (χ0n) is 17.0. The Bertz CT molecular complexity index is 952. The molecule has 0 spiro atoms. The van der Waals surface area contributed by atoms with Crippen LogP contribution in [0, 0.1) is 5.92 Å². The average molecular weight is 412 g/mol. The molecule has 0 unspecified atom stereocenters. The number of anilines is 1. The Morgan fingerprint density at radius 1 is 1.07 bits per heavy atom. The molecule has 0 amide bonds. The van der Waals surface area contributed by atoms with Gasteiger partial charge in [-0.2, -0.15) is 5.10 Å². The topological polar surface area (TPSA) is 65.0 Å². The lowest BCUT2D eigenvalue weighted by atomic mass is 10.1. The van der Waals surface area contributed by atoms with E-state index in [1.165, 1.54) is 11.3 Å². The number of rotatable bonds is 9. The normalized spacial score (nSPS) is 11.1. The van der Waals surface area contributed by atoms with Crippen molar-refractivity contribution in [1.29, 1.82) is 0 Å². The van der Waals surface area contributed by atoms with E-state index in [1.807, 2.05) is 47.8 Å². The molecule has 1 aromatic heterocycles. The summed E-state index contributed by atoms with van der Waals surface area (Å²) < 4.78 is 16.3. The van der Waals surface area contributed by atoms with Crippen molar-refractivity contribution >= 4 is 22.7 Å². The van der Waals surface area contributed by atoms with Crippen molar-refractivity contribution in [3.05, 3.63) is 53.4 Å². The predicted octanol–water partition coefficient (Wildman–Crippen LogP) is 5.31. The van der Waals surface area contributed by atoms with Gasteiger partial charge in [-0.15, -0.1) is 11.3 Å². The van der Waals surface area contributed by atoms with Gasteiger partial charge < -0.3 is 14.2 Å². The van der Waals surface area contributed by atoms with E-state index < -0.39 is 0 Å². The van der Waals surface area contributed by atoms with Gasteiger partial charge in [0.1, 0.15) is 5.75 Å². The van der Waals surface area contributed by atoms with Gasteiger partial charge in [0.15, 0.2) is 11.5 Å². The van der Waals surface area contributed by atoms with Gasteiger partial charge in [-0.3, -0.25) is 5.43 Å². The number of nitrogens with one attached hydrogen (secondary N) is 1. The van der Waals surface area contributed by atoms with Crippen molar-refractivity contribution < 1.29 is 14.2 Å². The number of aromatic nitrogens is 1. The smallest absolute Gasteiger partial charge is 0.203 e. The standard InChI is InChI=1S/C22H25N3O3S/c1-15(2)13-28-18-8-5-16(6-9-18)12-23-25-22-24-19(14-29-22)17-7-10-20(26-3)21(11-17)27-4/h5-12,14-15H,13H2,1-4H3,(H,24,25)/b23-12-.